The second kappa shape index (κ2) is 4.88. The Kier molecular flexibility index (Phi) is 3.49. The lowest BCUT2D eigenvalue weighted by Crippen LogP contribution is -2.17. The van der Waals surface area contributed by atoms with Crippen LogP contribution < -0.4 is 10.5 Å². The maximum absolute atomic E-state index is 6.12. The molecule has 0 saturated carbocycles. The topological polar surface area (TPSA) is 35.2 Å². The van der Waals surface area contributed by atoms with Crippen molar-refractivity contribution in [2.45, 2.75) is 39.2 Å². The summed E-state index contributed by atoms with van der Waals surface area (Å²) < 4.78 is 5.73. The first-order valence-electron chi connectivity index (χ1n) is 6.18. The fourth-order valence-electron chi connectivity index (χ4n) is 2.17. The number of ether oxygens (including phenoxy) is 1. The molecule has 2 rings (SSSR count). The van der Waals surface area contributed by atoms with Crippen LogP contribution in [0.5, 0.6) is 5.75 Å². The van der Waals surface area contributed by atoms with Crippen LogP contribution in [0.1, 0.15) is 43.9 Å². The van der Waals surface area contributed by atoms with E-state index in [1.165, 1.54) is 17.5 Å². The predicted octanol–water partition coefficient (Wildman–Crippen LogP) is 3.06. The minimum atomic E-state index is 0.200. The summed E-state index contributed by atoms with van der Waals surface area (Å²) in [5, 5.41) is 0. The molecule has 0 aromatic heterocycles. The monoisotopic (exact) mass is 219 g/mol. The number of rotatable bonds is 3. The Bertz CT molecular complexity index is 360. The number of fused-ring (bicyclic) bond motifs is 1. The highest BCUT2D eigenvalue weighted by Gasteiger charge is 2.17. The van der Waals surface area contributed by atoms with Crippen LogP contribution in [0, 0.1) is 5.92 Å². The summed E-state index contributed by atoms with van der Waals surface area (Å²) in [7, 11) is 0. The van der Waals surface area contributed by atoms with Gasteiger partial charge in [-0.05, 0) is 48.4 Å². The van der Waals surface area contributed by atoms with Gasteiger partial charge in [0.25, 0.3) is 0 Å². The molecule has 0 bridgehead atoms. The van der Waals surface area contributed by atoms with E-state index in [0.29, 0.717) is 5.92 Å². The molecule has 0 spiro atoms. The third-order valence-electron chi connectivity index (χ3n) is 3.06. The molecule has 0 aliphatic heterocycles. The van der Waals surface area contributed by atoms with Gasteiger partial charge >= 0.3 is 0 Å². The fraction of sp³-hybridized carbons (Fsp3) is 0.571. The Labute approximate surface area is 97.8 Å². The Morgan fingerprint density at radius 2 is 2.25 bits per heavy atom. The summed E-state index contributed by atoms with van der Waals surface area (Å²) in [4.78, 5) is 0. The largest absolute Gasteiger partial charge is 0.493 e. The van der Waals surface area contributed by atoms with Crippen LogP contribution >= 0.6 is 0 Å². The standard InChI is InChI=1S/C14H21NO/c1-10(2)9-16-12-7-6-11-4-3-5-14(15)13(11)8-12/h6-8,10,14H,3-5,9,15H2,1-2H3/t14-/m1/s1. The minimum absolute atomic E-state index is 0.200. The number of aryl methyl sites for hydroxylation is 1. The first-order chi connectivity index (χ1) is 7.66. The molecule has 16 heavy (non-hydrogen) atoms. The van der Waals surface area contributed by atoms with Crippen LogP contribution in [0.3, 0.4) is 0 Å². The second-order valence-electron chi connectivity index (χ2n) is 5.06. The first-order valence-corrected chi connectivity index (χ1v) is 6.18. The van der Waals surface area contributed by atoms with Gasteiger partial charge in [-0.1, -0.05) is 19.9 Å². The van der Waals surface area contributed by atoms with Gasteiger partial charge in [-0.25, -0.2) is 0 Å². The summed E-state index contributed by atoms with van der Waals surface area (Å²) in [5.41, 5.74) is 8.80. The SMILES string of the molecule is CC(C)COc1ccc2c(c1)[C@H](N)CCC2. The van der Waals surface area contributed by atoms with E-state index in [1.807, 2.05) is 0 Å². The summed E-state index contributed by atoms with van der Waals surface area (Å²) in [6, 6.07) is 6.57. The Balaban J connectivity index is 2.14. The van der Waals surface area contributed by atoms with Gasteiger partial charge < -0.3 is 10.5 Å². The minimum Gasteiger partial charge on any atom is -0.493 e. The second-order valence-corrected chi connectivity index (χ2v) is 5.06. The molecule has 0 heterocycles. The number of benzene rings is 1. The van der Waals surface area contributed by atoms with E-state index < -0.39 is 0 Å². The number of nitrogens with two attached hydrogens (primary N) is 1. The molecule has 1 aromatic carbocycles. The summed E-state index contributed by atoms with van der Waals surface area (Å²) in [5.74, 6) is 1.52. The molecule has 88 valence electrons. The molecular weight excluding hydrogens is 198 g/mol. The van der Waals surface area contributed by atoms with E-state index in [4.69, 9.17) is 10.5 Å². The lowest BCUT2D eigenvalue weighted by molar-refractivity contribution is 0.270. The van der Waals surface area contributed by atoms with Crippen LogP contribution in [0.2, 0.25) is 0 Å². The van der Waals surface area contributed by atoms with Crippen molar-refractivity contribution in [1.82, 2.24) is 0 Å². The van der Waals surface area contributed by atoms with Gasteiger partial charge in [-0.2, -0.15) is 0 Å². The van der Waals surface area contributed by atoms with Crippen molar-refractivity contribution in [3.63, 3.8) is 0 Å². The summed E-state index contributed by atoms with van der Waals surface area (Å²) in [6.07, 6.45) is 3.47. The molecule has 2 heteroatoms. The zero-order valence-electron chi connectivity index (χ0n) is 10.2. The first kappa shape index (κ1) is 11.5. The van der Waals surface area contributed by atoms with Gasteiger partial charge in [0.2, 0.25) is 0 Å². The van der Waals surface area contributed by atoms with E-state index in [-0.39, 0.29) is 6.04 Å². The van der Waals surface area contributed by atoms with Gasteiger partial charge in [0.1, 0.15) is 5.75 Å². The molecule has 2 N–H and O–H groups in total. The molecule has 1 aliphatic rings. The van der Waals surface area contributed by atoms with Crippen molar-refractivity contribution >= 4 is 0 Å². The van der Waals surface area contributed by atoms with Crippen LogP contribution in [0.15, 0.2) is 18.2 Å². The number of hydrogen-bond acceptors (Lipinski definition) is 2. The Hall–Kier alpha value is -1.02. The lowest BCUT2D eigenvalue weighted by Gasteiger charge is -2.23. The molecule has 0 unspecified atom stereocenters. The third-order valence-corrected chi connectivity index (χ3v) is 3.06. The van der Waals surface area contributed by atoms with Crippen molar-refractivity contribution in [3.05, 3.63) is 29.3 Å². The molecule has 1 atom stereocenters. The normalized spacial score (nSPS) is 19.6. The Morgan fingerprint density at radius 1 is 1.44 bits per heavy atom. The molecule has 1 aromatic rings. The molecular formula is C14H21NO. The van der Waals surface area contributed by atoms with Crippen LogP contribution in [-0.4, -0.2) is 6.61 Å². The number of hydrogen-bond donors (Lipinski definition) is 1. The van der Waals surface area contributed by atoms with E-state index in [0.717, 1.165) is 25.2 Å². The van der Waals surface area contributed by atoms with Crippen LogP contribution in [0.25, 0.3) is 0 Å². The average Bonchev–Trinajstić information content (AvgIpc) is 2.27. The molecule has 0 saturated heterocycles. The lowest BCUT2D eigenvalue weighted by atomic mass is 9.88. The van der Waals surface area contributed by atoms with Crippen LogP contribution in [0.4, 0.5) is 0 Å². The van der Waals surface area contributed by atoms with Crippen molar-refractivity contribution in [1.29, 1.82) is 0 Å². The quantitative estimate of drug-likeness (QED) is 0.848. The maximum Gasteiger partial charge on any atom is 0.119 e. The maximum atomic E-state index is 6.12. The van der Waals surface area contributed by atoms with Crippen molar-refractivity contribution < 1.29 is 4.74 Å². The predicted molar refractivity (Wildman–Crippen MR) is 66.6 cm³/mol. The highest BCUT2D eigenvalue weighted by molar-refractivity contribution is 5.39. The summed E-state index contributed by atoms with van der Waals surface area (Å²) in [6.45, 7) is 5.09. The van der Waals surface area contributed by atoms with E-state index in [2.05, 4.69) is 32.0 Å². The molecule has 0 fully saturated rings. The van der Waals surface area contributed by atoms with Crippen LogP contribution in [-0.2, 0) is 6.42 Å². The molecule has 2 nitrogen and oxygen atoms in total. The average molecular weight is 219 g/mol. The van der Waals surface area contributed by atoms with Crippen molar-refractivity contribution in [3.8, 4) is 5.75 Å². The highest BCUT2D eigenvalue weighted by atomic mass is 16.5. The fourth-order valence-corrected chi connectivity index (χ4v) is 2.17. The van der Waals surface area contributed by atoms with E-state index >= 15 is 0 Å². The molecule has 0 amide bonds. The van der Waals surface area contributed by atoms with Crippen molar-refractivity contribution in [2.75, 3.05) is 6.61 Å². The van der Waals surface area contributed by atoms with Gasteiger partial charge in [0, 0.05) is 6.04 Å². The van der Waals surface area contributed by atoms with Gasteiger partial charge in [-0.15, -0.1) is 0 Å². The van der Waals surface area contributed by atoms with Gasteiger partial charge in [0.15, 0.2) is 0 Å². The third kappa shape index (κ3) is 2.56. The summed E-state index contributed by atoms with van der Waals surface area (Å²) >= 11 is 0. The zero-order chi connectivity index (χ0) is 11.5. The van der Waals surface area contributed by atoms with Crippen molar-refractivity contribution in [2.24, 2.45) is 11.7 Å². The smallest absolute Gasteiger partial charge is 0.119 e. The van der Waals surface area contributed by atoms with E-state index in [1.54, 1.807) is 0 Å². The zero-order valence-corrected chi connectivity index (χ0v) is 10.2. The Morgan fingerprint density at radius 3 is 3.00 bits per heavy atom. The van der Waals surface area contributed by atoms with Gasteiger partial charge in [0.05, 0.1) is 6.61 Å². The highest BCUT2D eigenvalue weighted by Crippen LogP contribution is 2.30. The van der Waals surface area contributed by atoms with E-state index in [9.17, 15) is 0 Å². The van der Waals surface area contributed by atoms with Gasteiger partial charge in [-0.3, -0.25) is 0 Å². The molecule has 0 radical (unpaired) electrons. The molecule has 1 aliphatic carbocycles.